The van der Waals surface area contributed by atoms with Gasteiger partial charge in [-0.1, -0.05) is 0 Å². The fourth-order valence-corrected chi connectivity index (χ4v) is 2.71. The first kappa shape index (κ1) is 24.9. The van der Waals surface area contributed by atoms with Gasteiger partial charge in [-0.2, -0.15) is 8.78 Å². The Morgan fingerprint density at radius 1 is 1.12 bits per heavy atom. The number of amides is 2. The molecule has 2 aromatic rings. The second-order valence-corrected chi connectivity index (χ2v) is 7.81. The second-order valence-electron chi connectivity index (χ2n) is 7.81. The van der Waals surface area contributed by atoms with E-state index < -0.39 is 41.9 Å². The molecule has 0 unspecified atom stereocenters. The number of nitrogens with zero attached hydrogens (tertiary/aromatic N) is 2. The summed E-state index contributed by atoms with van der Waals surface area (Å²) in [4.78, 5) is 30.1. The number of benzene rings is 1. The zero-order valence-corrected chi connectivity index (χ0v) is 17.9. The highest BCUT2D eigenvalue weighted by Crippen LogP contribution is 2.19. The summed E-state index contributed by atoms with van der Waals surface area (Å²) in [5.41, 5.74) is -0.513. The molecular formula is C21H23F4N3O4. The molecule has 0 radical (unpaired) electrons. The van der Waals surface area contributed by atoms with E-state index in [1.54, 1.807) is 20.8 Å². The SMILES string of the molecule is CN(C(=O)[C@H](Cc1cc(F)cc(F)c1)NC(=O)OC(C)(C)C)c1ccc(OC(F)F)nc1. The summed E-state index contributed by atoms with van der Waals surface area (Å²) in [7, 11) is 1.36. The lowest BCUT2D eigenvalue weighted by Crippen LogP contribution is -2.50. The van der Waals surface area contributed by atoms with Gasteiger partial charge in [0.25, 0.3) is 0 Å². The fraction of sp³-hybridized carbons (Fsp3) is 0.381. The molecule has 1 aromatic carbocycles. The van der Waals surface area contributed by atoms with E-state index in [9.17, 15) is 27.2 Å². The standard InChI is InChI=1S/C21H23F4N3O4/c1-21(2,3)32-20(30)27-16(9-12-7-13(22)10-14(23)8-12)18(29)28(4)15-5-6-17(26-11-15)31-19(24)25/h5-8,10-11,16,19H,9H2,1-4H3,(H,27,30)/t16-/m0/s1. The van der Waals surface area contributed by atoms with Gasteiger partial charge in [-0.3, -0.25) is 4.79 Å². The van der Waals surface area contributed by atoms with Gasteiger partial charge in [-0.15, -0.1) is 0 Å². The lowest BCUT2D eigenvalue weighted by molar-refractivity contribution is -0.120. The number of alkyl carbamates (subject to hydrolysis) is 1. The number of alkyl halides is 2. The van der Waals surface area contributed by atoms with Gasteiger partial charge >= 0.3 is 12.7 Å². The highest BCUT2D eigenvalue weighted by atomic mass is 19.3. The molecule has 174 valence electrons. The van der Waals surface area contributed by atoms with Crippen LogP contribution in [-0.4, -0.2) is 42.3 Å². The fourth-order valence-electron chi connectivity index (χ4n) is 2.71. The molecule has 1 N–H and O–H groups in total. The average Bonchev–Trinajstić information content (AvgIpc) is 2.64. The number of anilines is 1. The number of pyridine rings is 1. The first-order valence-electron chi connectivity index (χ1n) is 9.47. The van der Waals surface area contributed by atoms with Crippen molar-refractivity contribution in [2.45, 2.75) is 45.4 Å². The van der Waals surface area contributed by atoms with Crippen LogP contribution in [0.25, 0.3) is 0 Å². The molecule has 2 rings (SSSR count). The Morgan fingerprint density at radius 3 is 2.25 bits per heavy atom. The second kappa shape index (κ2) is 10.3. The summed E-state index contributed by atoms with van der Waals surface area (Å²) in [6, 6.07) is 3.96. The van der Waals surface area contributed by atoms with Gasteiger partial charge in [-0.05, 0) is 44.5 Å². The number of nitrogens with one attached hydrogen (secondary N) is 1. The number of carbonyl (C=O) groups is 2. The number of likely N-dealkylation sites (N-methyl/N-ethyl adjacent to an activating group) is 1. The Balaban J connectivity index is 2.25. The van der Waals surface area contributed by atoms with E-state index in [1.807, 2.05) is 0 Å². The predicted molar refractivity (Wildman–Crippen MR) is 107 cm³/mol. The molecule has 0 spiro atoms. The molecule has 0 aliphatic heterocycles. The summed E-state index contributed by atoms with van der Waals surface area (Å²) in [6.45, 7) is 1.84. The van der Waals surface area contributed by atoms with E-state index >= 15 is 0 Å². The zero-order chi connectivity index (χ0) is 24.1. The number of rotatable bonds is 7. The van der Waals surface area contributed by atoms with Crippen molar-refractivity contribution in [3.05, 3.63) is 53.7 Å². The third-order valence-electron chi connectivity index (χ3n) is 4.00. The summed E-state index contributed by atoms with van der Waals surface area (Å²) in [5, 5.41) is 2.41. The molecular weight excluding hydrogens is 434 g/mol. The van der Waals surface area contributed by atoms with E-state index in [0.717, 1.165) is 29.3 Å². The maximum absolute atomic E-state index is 13.6. The topological polar surface area (TPSA) is 80.8 Å². The Labute approximate surface area is 182 Å². The van der Waals surface area contributed by atoms with Crippen molar-refractivity contribution in [3.8, 4) is 5.88 Å². The van der Waals surface area contributed by atoms with Crippen molar-refractivity contribution < 1.29 is 36.6 Å². The van der Waals surface area contributed by atoms with Gasteiger partial charge in [0.15, 0.2) is 0 Å². The van der Waals surface area contributed by atoms with Gasteiger partial charge < -0.3 is 19.7 Å². The molecule has 1 atom stereocenters. The third-order valence-corrected chi connectivity index (χ3v) is 4.00. The number of hydrogen-bond acceptors (Lipinski definition) is 5. The van der Waals surface area contributed by atoms with Crippen LogP contribution < -0.4 is 15.0 Å². The largest absolute Gasteiger partial charge is 0.444 e. The number of hydrogen-bond donors (Lipinski definition) is 1. The van der Waals surface area contributed by atoms with Crippen LogP contribution in [0, 0.1) is 11.6 Å². The van der Waals surface area contributed by atoms with Gasteiger partial charge in [0.05, 0.1) is 11.9 Å². The molecule has 7 nitrogen and oxygen atoms in total. The minimum atomic E-state index is -3.05. The summed E-state index contributed by atoms with van der Waals surface area (Å²) in [6.07, 6.45) is -0.0148. The average molecular weight is 457 g/mol. The summed E-state index contributed by atoms with van der Waals surface area (Å²) < 4.78 is 61.1. The number of carbonyl (C=O) groups excluding carboxylic acids is 2. The van der Waals surface area contributed by atoms with E-state index in [0.29, 0.717) is 6.07 Å². The van der Waals surface area contributed by atoms with Crippen molar-refractivity contribution in [1.82, 2.24) is 10.3 Å². The van der Waals surface area contributed by atoms with Crippen LogP contribution in [-0.2, 0) is 16.0 Å². The molecule has 1 heterocycles. The van der Waals surface area contributed by atoms with E-state index in [4.69, 9.17) is 4.74 Å². The van der Waals surface area contributed by atoms with Crippen LogP contribution in [0.15, 0.2) is 36.5 Å². The van der Waals surface area contributed by atoms with Gasteiger partial charge in [-0.25, -0.2) is 18.6 Å². The van der Waals surface area contributed by atoms with E-state index in [1.165, 1.54) is 13.1 Å². The molecule has 1 aromatic heterocycles. The summed E-state index contributed by atoms with van der Waals surface area (Å²) >= 11 is 0. The Morgan fingerprint density at radius 2 is 1.75 bits per heavy atom. The van der Waals surface area contributed by atoms with E-state index in [2.05, 4.69) is 15.0 Å². The lowest BCUT2D eigenvalue weighted by atomic mass is 10.0. The molecule has 2 amide bonds. The molecule has 0 aliphatic carbocycles. The van der Waals surface area contributed by atoms with Crippen molar-refractivity contribution in [2.75, 3.05) is 11.9 Å². The van der Waals surface area contributed by atoms with Crippen LogP contribution >= 0.6 is 0 Å². The molecule has 0 fully saturated rings. The normalized spacial score (nSPS) is 12.3. The van der Waals surface area contributed by atoms with Crippen molar-refractivity contribution in [1.29, 1.82) is 0 Å². The highest BCUT2D eigenvalue weighted by molar-refractivity contribution is 5.98. The third kappa shape index (κ3) is 7.71. The Bertz CT molecular complexity index is 929. The minimum Gasteiger partial charge on any atom is -0.444 e. The van der Waals surface area contributed by atoms with Crippen LogP contribution in [0.5, 0.6) is 5.88 Å². The quantitative estimate of drug-likeness (QED) is 0.635. The van der Waals surface area contributed by atoms with Crippen molar-refractivity contribution in [3.63, 3.8) is 0 Å². The minimum absolute atomic E-state index is 0.129. The highest BCUT2D eigenvalue weighted by Gasteiger charge is 2.28. The Hall–Kier alpha value is -3.37. The van der Waals surface area contributed by atoms with Crippen LogP contribution in [0.3, 0.4) is 0 Å². The number of ether oxygens (including phenoxy) is 2. The molecule has 11 heteroatoms. The monoisotopic (exact) mass is 457 g/mol. The molecule has 32 heavy (non-hydrogen) atoms. The summed E-state index contributed by atoms with van der Waals surface area (Å²) in [5.74, 6) is -2.68. The van der Waals surface area contributed by atoms with E-state index in [-0.39, 0.29) is 23.6 Å². The van der Waals surface area contributed by atoms with Gasteiger partial charge in [0.2, 0.25) is 11.8 Å². The number of halogens is 4. The molecule has 0 aliphatic rings. The van der Waals surface area contributed by atoms with Crippen molar-refractivity contribution >= 4 is 17.7 Å². The molecule has 0 saturated carbocycles. The first-order valence-corrected chi connectivity index (χ1v) is 9.47. The van der Waals surface area contributed by atoms with Crippen molar-refractivity contribution in [2.24, 2.45) is 0 Å². The maximum atomic E-state index is 13.6. The van der Waals surface area contributed by atoms with Crippen LogP contribution in [0.2, 0.25) is 0 Å². The van der Waals surface area contributed by atoms with Gasteiger partial charge in [0.1, 0.15) is 23.3 Å². The molecule has 0 bridgehead atoms. The zero-order valence-electron chi connectivity index (χ0n) is 17.9. The predicted octanol–water partition coefficient (Wildman–Crippen LogP) is 4.06. The molecule has 0 saturated heterocycles. The first-order chi connectivity index (χ1) is 14.8. The van der Waals surface area contributed by atoms with Crippen LogP contribution in [0.1, 0.15) is 26.3 Å². The number of aromatic nitrogens is 1. The smallest absolute Gasteiger partial charge is 0.408 e. The van der Waals surface area contributed by atoms with Gasteiger partial charge in [0, 0.05) is 25.6 Å². The Kier molecular flexibility index (Phi) is 8.01. The lowest BCUT2D eigenvalue weighted by Gasteiger charge is -2.26. The van der Waals surface area contributed by atoms with Crippen LogP contribution in [0.4, 0.5) is 28.0 Å². The maximum Gasteiger partial charge on any atom is 0.408 e.